The summed E-state index contributed by atoms with van der Waals surface area (Å²) in [6, 6.07) is 28.2. The molecule has 3 rings (SSSR count). The molecule has 3 aromatic carbocycles. The molecule has 4 nitrogen and oxygen atoms in total. The maximum absolute atomic E-state index is 9.68. The molecule has 164 valence electrons. The molecule has 0 saturated carbocycles. The lowest BCUT2D eigenvalue weighted by molar-refractivity contribution is 0.564. The Kier molecular flexibility index (Phi) is 23.4. The molecule has 0 aliphatic rings. The maximum Gasteiger partial charge on any atom is 0.240 e. The summed E-state index contributed by atoms with van der Waals surface area (Å²) in [5, 5.41) is 0. The molecular formula is C27H34N2O2. The maximum atomic E-state index is 9.68. The van der Waals surface area contributed by atoms with Gasteiger partial charge in [-0.15, -0.1) is 0 Å². The van der Waals surface area contributed by atoms with Crippen LogP contribution in [-0.2, 0) is 9.59 Å². The molecular weight excluding hydrogens is 384 g/mol. The molecule has 0 N–H and O–H groups in total. The summed E-state index contributed by atoms with van der Waals surface area (Å²) in [6.07, 6.45) is 5.42. The van der Waals surface area contributed by atoms with Crippen molar-refractivity contribution in [1.29, 1.82) is 0 Å². The summed E-state index contributed by atoms with van der Waals surface area (Å²) >= 11 is 0. The van der Waals surface area contributed by atoms with Gasteiger partial charge < -0.3 is 0 Å². The van der Waals surface area contributed by atoms with E-state index in [1.165, 1.54) is 30.6 Å². The molecule has 0 aromatic heterocycles. The molecule has 0 unspecified atom stereocenters. The third-order valence-corrected chi connectivity index (χ3v) is 2.80. The van der Waals surface area contributed by atoms with Crippen LogP contribution in [0.2, 0.25) is 0 Å². The van der Waals surface area contributed by atoms with Crippen LogP contribution in [0.4, 0.5) is 11.4 Å². The van der Waals surface area contributed by atoms with Crippen LogP contribution in [0, 0.1) is 6.92 Å². The van der Waals surface area contributed by atoms with Gasteiger partial charge >= 0.3 is 0 Å². The number of hydrogen-bond donors (Lipinski definition) is 0. The van der Waals surface area contributed by atoms with Gasteiger partial charge in [-0.2, -0.15) is 9.98 Å². The lowest BCUT2D eigenvalue weighted by Gasteiger charge is -1.83. The number of isocyanates is 2. The summed E-state index contributed by atoms with van der Waals surface area (Å²) in [5.74, 6) is 0. The lowest BCUT2D eigenvalue weighted by atomic mass is 10.2. The summed E-state index contributed by atoms with van der Waals surface area (Å²) in [6.45, 7) is 10.6. The van der Waals surface area contributed by atoms with Crippen molar-refractivity contribution in [2.45, 2.75) is 47.5 Å². The van der Waals surface area contributed by atoms with Gasteiger partial charge in [0.25, 0.3) is 0 Å². The van der Waals surface area contributed by atoms with Gasteiger partial charge in [0.05, 0.1) is 11.4 Å². The van der Waals surface area contributed by atoms with Crippen molar-refractivity contribution in [2.24, 2.45) is 9.98 Å². The largest absolute Gasteiger partial charge is 0.240 e. The Bertz CT molecular complexity index is 783. The zero-order valence-corrected chi connectivity index (χ0v) is 19.3. The molecule has 0 radical (unpaired) electrons. The van der Waals surface area contributed by atoms with Gasteiger partial charge in [0.15, 0.2) is 0 Å². The van der Waals surface area contributed by atoms with E-state index < -0.39 is 0 Å². The summed E-state index contributed by atoms with van der Waals surface area (Å²) in [4.78, 5) is 26.2. The first-order chi connectivity index (χ1) is 15.1. The van der Waals surface area contributed by atoms with Crippen LogP contribution in [0.3, 0.4) is 0 Å². The molecule has 0 amide bonds. The number of benzene rings is 3. The molecule has 0 aliphatic carbocycles. The number of para-hydroxylation sites is 2. The molecule has 0 aliphatic heterocycles. The Labute approximate surface area is 187 Å². The Morgan fingerprint density at radius 1 is 0.548 bits per heavy atom. The van der Waals surface area contributed by atoms with Crippen molar-refractivity contribution in [2.75, 3.05) is 0 Å². The van der Waals surface area contributed by atoms with Gasteiger partial charge in [-0.05, 0) is 31.2 Å². The van der Waals surface area contributed by atoms with Crippen LogP contribution in [0.1, 0.15) is 46.1 Å². The first kappa shape index (κ1) is 29.6. The summed E-state index contributed by atoms with van der Waals surface area (Å²) < 4.78 is 0. The van der Waals surface area contributed by atoms with Crippen molar-refractivity contribution in [3.8, 4) is 0 Å². The Morgan fingerprint density at radius 3 is 1.00 bits per heavy atom. The van der Waals surface area contributed by atoms with Gasteiger partial charge in [-0.3, -0.25) is 0 Å². The second kappa shape index (κ2) is 24.5. The minimum absolute atomic E-state index is 0.646. The number of hydrogen-bond acceptors (Lipinski definition) is 4. The van der Waals surface area contributed by atoms with E-state index in [0.29, 0.717) is 11.4 Å². The quantitative estimate of drug-likeness (QED) is 0.311. The fraction of sp³-hybridized carbons (Fsp3) is 0.259. The topological polar surface area (TPSA) is 58.9 Å². The normalized spacial score (nSPS) is 7.77. The number of rotatable bonds is 2. The fourth-order valence-corrected chi connectivity index (χ4v) is 1.64. The minimum atomic E-state index is 0.646. The number of nitrogens with zero attached hydrogens (tertiary/aromatic N) is 2. The summed E-state index contributed by atoms with van der Waals surface area (Å²) in [7, 11) is 0. The second-order valence-corrected chi connectivity index (χ2v) is 6.15. The Morgan fingerprint density at radius 2 is 0.806 bits per heavy atom. The van der Waals surface area contributed by atoms with Crippen molar-refractivity contribution in [3.63, 3.8) is 0 Å². The highest BCUT2D eigenvalue weighted by molar-refractivity contribution is 5.48. The molecule has 0 fully saturated rings. The van der Waals surface area contributed by atoms with Crippen LogP contribution in [-0.4, -0.2) is 12.2 Å². The van der Waals surface area contributed by atoms with E-state index in [1.807, 2.05) is 54.6 Å². The van der Waals surface area contributed by atoms with E-state index in [2.05, 4.69) is 56.7 Å². The number of aliphatic imine (C=N–C) groups is 2. The zero-order chi connectivity index (χ0) is 23.6. The van der Waals surface area contributed by atoms with E-state index in [4.69, 9.17) is 0 Å². The van der Waals surface area contributed by atoms with E-state index in [0.717, 1.165) is 0 Å². The van der Waals surface area contributed by atoms with Crippen molar-refractivity contribution in [1.82, 2.24) is 0 Å². The first-order valence-electron chi connectivity index (χ1n) is 10.4. The minimum Gasteiger partial charge on any atom is -0.211 e. The van der Waals surface area contributed by atoms with Crippen LogP contribution in [0.5, 0.6) is 0 Å². The molecule has 0 saturated heterocycles. The fourth-order valence-electron chi connectivity index (χ4n) is 1.64. The summed E-state index contributed by atoms with van der Waals surface area (Å²) in [5.41, 5.74) is 2.61. The molecule has 0 spiro atoms. The zero-order valence-electron chi connectivity index (χ0n) is 19.3. The van der Waals surface area contributed by atoms with E-state index in [9.17, 15) is 9.59 Å². The van der Waals surface area contributed by atoms with Crippen molar-refractivity contribution >= 4 is 23.5 Å². The standard InChI is InChI=1S/2C7H5NO.C7H8.2C3H8/c2*9-6-8-7-4-2-1-3-5-7;1-7-5-3-2-4-6-7;2*1-3-2/h2*1-5H;2-6H,1H3;2*3H2,1-2H3. The Balaban J connectivity index is 0. The highest BCUT2D eigenvalue weighted by Gasteiger charge is 1.80. The molecule has 3 aromatic rings. The highest BCUT2D eigenvalue weighted by Crippen LogP contribution is 2.07. The third kappa shape index (κ3) is 22.6. The average molecular weight is 419 g/mol. The van der Waals surface area contributed by atoms with Gasteiger partial charge in [0.1, 0.15) is 0 Å². The Hall–Kier alpha value is -3.58. The van der Waals surface area contributed by atoms with Crippen LogP contribution < -0.4 is 0 Å². The predicted octanol–water partition coefficient (Wildman–Crippen LogP) is 8.14. The van der Waals surface area contributed by atoms with Crippen LogP contribution in [0.25, 0.3) is 0 Å². The molecule has 4 heteroatoms. The SMILES string of the molecule is CCC.CCC.Cc1ccccc1.O=C=Nc1ccccc1.O=C=Nc1ccccc1. The monoisotopic (exact) mass is 418 g/mol. The van der Waals surface area contributed by atoms with E-state index >= 15 is 0 Å². The lowest BCUT2D eigenvalue weighted by Crippen LogP contribution is -1.62. The number of aryl methyl sites for hydroxylation is 1. The van der Waals surface area contributed by atoms with Crippen LogP contribution in [0.15, 0.2) is 101 Å². The van der Waals surface area contributed by atoms with Gasteiger partial charge in [0.2, 0.25) is 12.2 Å². The van der Waals surface area contributed by atoms with Crippen LogP contribution >= 0.6 is 0 Å². The molecule has 0 bridgehead atoms. The van der Waals surface area contributed by atoms with Gasteiger partial charge in [-0.25, -0.2) is 9.59 Å². The third-order valence-electron chi connectivity index (χ3n) is 2.80. The molecule has 0 heterocycles. The van der Waals surface area contributed by atoms with Gasteiger partial charge in [-0.1, -0.05) is 113 Å². The first-order valence-corrected chi connectivity index (χ1v) is 10.4. The van der Waals surface area contributed by atoms with E-state index in [-0.39, 0.29) is 0 Å². The molecule has 31 heavy (non-hydrogen) atoms. The predicted molar refractivity (Wildman–Crippen MR) is 132 cm³/mol. The molecule has 0 atom stereocenters. The highest BCUT2D eigenvalue weighted by atomic mass is 16.1. The van der Waals surface area contributed by atoms with Crippen molar-refractivity contribution < 1.29 is 9.59 Å². The number of carbonyl (C=O) groups excluding carboxylic acids is 2. The van der Waals surface area contributed by atoms with E-state index in [1.54, 1.807) is 24.3 Å². The smallest absolute Gasteiger partial charge is 0.211 e. The second-order valence-electron chi connectivity index (χ2n) is 6.15. The average Bonchev–Trinajstić information content (AvgIpc) is 2.78. The van der Waals surface area contributed by atoms with Gasteiger partial charge in [0, 0.05) is 0 Å². The van der Waals surface area contributed by atoms with Crippen molar-refractivity contribution in [3.05, 3.63) is 96.6 Å².